The maximum absolute atomic E-state index is 11.3. The van der Waals surface area contributed by atoms with Crippen molar-refractivity contribution < 1.29 is 9.53 Å². The molecule has 1 amide bonds. The van der Waals surface area contributed by atoms with Crippen LogP contribution >= 0.6 is 23.6 Å². The lowest BCUT2D eigenvalue weighted by atomic mass is 10.2. The summed E-state index contributed by atoms with van der Waals surface area (Å²) >= 11 is 6.36. The molecule has 0 bridgehead atoms. The number of amides is 1. The number of rotatable bonds is 3. The average molecular weight is 259 g/mol. The molecule has 2 heterocycles. The normalized spacial score (nSPS) is 20.1. The van der Waals surface area contributed by atoms with Crippen molar-refractivity contribution in [2.24, 2.45) is 5.73 Å². The highest BCUT2D eigenvalue weighted by atomic mass is 32.1. The van der Waals surface area contributed by atoms with Gasteiger partial charge in [-0.05, 0) is 25.1 Å². The molecule has 1 saturated heterocycles. The van der Waals surface area contributed by atoms with E-state index in [1.165, 1.54) is 11.3 Å². The Morgan fingerprint density at radius 2 is 2.44 bits per heavy atom. The van der Waals surface area contributed by atoms with Gasteiger partial charge in [0.05, 0.1) is 12.6 Å². The molecule has 16 heavy (non-hydrogen) atoms. The molecule has 0 spiro atoms. The molecule has 2 rings (SSSR count). The Balaban J connectivity index is 2.31. The summed E-state index contributed by atoms with van der Waals surface area (Å²) in [6.45, 7) is 1.33. The average Bonchev–Trinajstić information content (AvgIpc) is 2.76. The second kappa shape index (κ2) is 4.52. The maximum atomic E-state index is 11.3. The molecule has 1 aliphatic rings. The highest BCUT2D eigenvalue weighted by molar-refractivity contribution is 7.73. The zero-order chi connectivity index (χ0) is 11.7. The number of aromatic nitrogens is 1. The second-order valence-electron chi connectivity index (χ2n) is 3.69. The van der Waals surface area contributed by atoms with Gasteiger partial charge < -0.3 is 20.8 Å². The number of anilines is 1. The van der Waals surface area contributed by atoms with Gasteiger partial charge in [-0.3, -0.25) is 4.79 Å². The number of primary amides is 1. The van der Waals surface area contributed by atoms with Gasteiger partial charge in [-0.15, -0.1) is 0 Å². The fraction of sp³-hybridized carbons (Fsp3) is 0.556. The molecule has 1 aliphatic heterocycles. The third kappa shape index (κ3) is 2.11. The Kier molecular flexibility index (Phi) is 3.27. The highest BCUT2D eigenvalue weighted by Crippen LogP contribution is 2.24. The van der Waals surface area contributed by atoms with Gasteiger partial charge in [-0.1, -0.05) is 11.3 Å². The van der Waals surface area contributed by atoms with E-state index in [-0.39, 0.29) is 6.10 Å². The molecule has 88 valence electrons. The minimum atomic E-state index is -0.539. The molecule has 0 aromatic carbocycles. The van der Waals surface area contributed by atoms with Crippen LogP contribution in [0.15, 0.2) is 0 Å². The van der Waals surface area contributed by atoms with Crippen molar-refractivity contribution in [3.63, 3.8) is 0 Å². The van der Waals surface area contributed by atoms with Crippen molar-refractivity contribution in [3.05, 3.63) is 9.65 Å². The topological polar surface area (TPSA) is 83.3 Å². The lowest BCUT2D eigenvalue weighted by molar-refractivity contribution is 0.0921. The van der Waals surface area contributed by atoms with E-state index in [0.29, 0.717) is 21.2 Å². The van der Waals surface area contributed by atoms with Gasteiger partial charge in [0.2, 0.25) is 0 Å². The van der Waals surface area contributed by atoms with Crippen LogP contribution in [-0.2, 0) is 11.3 Å². The van der Waals surface area contributed by atoms with E-state index in [1.807, 2.05) is 0 Å². The smallest absolute Gasteiger partial charge is 0.268 e. The van der Waals surface area contributed by atoms with Gasteiger partial charge >= 0.3 is 0 Å². The fourth-order valence-corrected chi connectivity index (χ4v) is 3.04. The largest absolute Gasteiger partial charge is 0.389 e. The van der Waals surface area contributed by atoms with Crippen molar-refractivity contribution in [1.29, 1.82) is 0 Å². The Morgan fingerprint density at radius 3 is 3.00 bits per heavy atom. The van der Waals surface area contributed by atoms with Gasteiger partial charge in [0.25, 0.3) is 5.91 Å². The number of carbonyl (C=O) groups is 1. The Labute approximate surface area is 102 Å². The zero-order valence-corrected chi connectivity index (χ0v) is 10.3. The summed E-state index contributed by atoms with van der Waals surface area (Å²) in [5.41, 5.74) is 11.3. The third-order valence-corrected chi connectivity index (χ3v) is 3.84. The first kappa shape index (κ1) is 11.6. The summed E-state index contributed by atoms with van der Waals surface area (Å²) in [7, 11) is 0. The minimum absolute atomic E-state index is 0.110. The lowest BCUT2D eigenvalue weighted by Crippen LogP contribution is -2.23. The van der Waals surface area contributed by atoms with Gasteiger partial charge in [0.15, 0.2) is 3.95 Å². The van der Waals surface area contributed by atoms with Gasteiger partial charge in [0.1, 0.15) is 10.7 Å². The number of nitrogens with two attached hydrogens (primary N) is 2. The van der Waals surface area contributed by atoms with Gasteiger partial charge in [-0.25, -0.2) is 0 Å². The number of nitrogens with zero attached hydrogens (tertiary/aromatic N) is 1. The van der Waals surface area contributed by atoms with Crippen LogP contribution in [0.2, 0.25) is 0 Å². The van der Waals surface area contributed by atoms with Crippen LogP contribution < -0.4 is 11.5 Å². The molecule has 1 aromatic rings. The van der Waals surface area contributed by atoms with Gasteiger partial charge in [-0.2, -0.15) is 0 Å². The number of hydrogen-bond donors (Lipinski definition) is 2. The molecule has 0 unspecified atom stereocenters. The van der Waals surface area contributed by atoms with Crippen LogP contribution in [0.1, 0.15) is 23.3 Å². The minimum Gasteiger partial charge on any atom is -0.389 e. The number of hydrogen-bond acceptors (Lipinski definition) is 5. The van der Waals surface area contributed by atoms with E-state index in [2.05, 4.69) is 0 Å². The van der Waals surface area contributed by atoms with Crippen molar-refractivity contribution >= 4 is 34.5 Å². The molecule has 0 aliphatic carbocycles. The van der Waals surface area contributed by atoms with E-state index in [9.17, 15) is 4.79 Å². The number of carbonyl (C=O) groups excluding carboxylic acids is 1. The lowest BCUT2D eigenvalue weighted by Gasteiger charge is -2.12. The van der Waals surface area contributed by atoms with Crippen molar-refractivity contribution in [3.8, 4) is 0 Å². The summed E-state index contributed by atoms with van der Waals surface area (Å²) in [4.78, 5) is 11.3. The van der Waals surface area contributed by atoms with Crippen LogP contribution in [0.3, 0.4) is 0 Å². The molecular weight excluding hydrogens is 246 g/mol. The summed E-state index contributed by atoms with van der Waals surface area (Å²) in [6.07, 6.45) is 2.14. The number of ether oxygens (including phenoxy) is 1. The van der Waals surface area contributed by atoms with Crippen LogP contribution in [0, 0.1) is 3.95 Å². The predicted molar refractivity (Wildman–Crippen MR) is 65.0 cm³/mol. The first-order valence-electron chi connectivity index (χ1n) is 5.00. The van der Waals surface area contributed by atoms with Crippen molar-refractivity contribution in [2.45, 2.75) is 25.5 Å². The molecule has 1 aromatic heterocycles. The molecule has 1 fully saturated rings. The molecule has 0 saturated carbocycles. The zero-order valence-electron chi connectivity index (χ0n) is 8.64. The van der Waals surface area contributed by atoms with E-state index >= 15 is 0 Å². The first-order chi connectivity index (χ1) is 7.59. The Hall–Kier alpha value is -0.920. The molecule has 1 atom stereocenters. The highest BCUT2D eigenvalue weighted by Gasteiger charge is 2.21. The molecule has 5 nitrogen and oxygen atoms in total. The summed E-state index contributed by atoms with van der Waals surface area (Å²) in [6, 6.07) is 0. The molecule has 0 radical (unpaired) electrons. The third-order valence-electron chi connectivity index (χ3n) is 2.56. The summed E-state index contributed by atoms with van der Waals surface area (Å²) in [5, 5.41) is 0.385. The SMILES string of the molecule is NC(=O)c1c(N)sc(=S)n1C[C@H]1CCCO1. The predicted octanol–water partition coefficient (Wildman–Crippen LogP) is 1.14. The van der Waals surface area contributed by atoms with E-state index < -0.39 is 5.91 Å². The number of thiazole rings is 1. The maximum Gasteiger partial charge on any atom is 0.268 e. The van der Waals surface area contributed by atoms with E-state index in [4.69, 9.17) is 28.4 Å². The fourth-order valence-electron chi connectivity index (χ4n) is 1.83. The van der Waals surface area contributed by atoms with Gasteiger partial charge in [0, 0.05) is 6.61 Å². The second-order valence-corrected chi connectivity index (χ2v) is 5.37. The first-order valence-corrected chi connectivity index (χ1v) is 6.22. The monoisotopic (exact) mass is 259 g/mol. The molecule has 7 heteroatoms. The van der Waals surface area contributed by atoms with Crippen LogP contribution in [0.4, 0.5) is 5.00 Å². The Morgan fingerprint density at radius 1 is 1.69 bits per heavy atom. The summed E-state index contributed by atoms with van der Waals surface area (Å²) in [5.74, 6) is -0.539. The van der Waals surface area contributed by atoms with Crippen LogP contribution in [-0.4, -0.2) is 23.2 Å². The molecule has 4 N–H and O–H groups in total. The molecular formula is C9H13N3O2S2. The van der Waals surface area contributed by atoms with Crippen LogP contribution in [0.5, 0.6) is 0 Å². The van der Waals surface area contributed by atoms with E-state index in [0.717, 1.165) is 19.4 Å². The Bertz CT molecular complexity index is 460. The standard InChI is InChI=1S/C9H13N3O2S2/c10-7(13)6-8(11)16-9(15)12(6)4-5-2-1-3-14-5/h5H,1-4,11H2,(H2,10,13)/t5-/m1/s1. The number of nitrogen functional groups attached to an aromatic ring is 1. The quantitative estimate of drug-likeness (QED) is 0.797. The summed E-state index contributed by atoms with van der Waals surface area (Å²) < 4.78 is 7.76. The van der Waals surface area contributed by atoms with Crippen LogP contribution in [0.25, 0.3) is 0 Å². The van der Waals surface area contributed by atoms with E-state index in [1.54, 1.807) is 4.57 Å². The van der Waals surface area contributed by atoms with Crippen molar-refractivity contribution in [2.75, 3.05) is 12.3 Å². The van der Waals surface area contributed by atoms with Crippen molar-refractivity contribution in [1.82, 2.24) is 4.57 Å².